The van der Waals surface area contributed by atoms with E-state index in [1.165, 1.54) is 29.2 Å². The molecule has 0 radical (unpaired) electrons. The van der Waals surface area contributed by atoms with Crippen LogP contribution in [0.15, 0.2) is 41.6 Å². The third-order valence-electron chi connectivity index (χ3n) is 4.81. The number of rotatable bonds is 8. The van der Waals surface area contributed by atoms with Gasteiger partial charge in [0.05, 0.1) is 16.7 Å². The molecule has 30 heavy (non-hydrogen) atoms. The number of carbonyl (C=O) groups excluding carboxylic acids is 1. The fourth-order valence-corrected chi connectivity index (χ4v) is 5.12. The van der Waals surface area contributed by atoms with Crippen LogP contribution < -0.4 is 5.32 Å². The first kappa shape index (κ1) is 21.0. The predicted molar refractivity (Wildman–Crippen MR) is 116 cm³/mol. The SMILES string of the molecule is Cc1ccc(C(=O)NCCc2nnc(SC[C@@H]3CCCO3)n2-c2ccccc2F)s1. The van der Waals surface area contributed by atoms with Gasteiger partial charge in [-0.05, 0) is 44.0 Å². The highest BCUT2D eigenvalue weighted by Crippen LogP contribution is 2.27. The van der Waals surface area contributed by atoms with Crippen LogP contribution in [0.3, 0.4) is 0 Å². The van der Waals surface area contributed by atoms with Crippen LogP contribution in [0.5, 0.6) is 0 Å². The standard InChI is InChI=1S/C21H23FN4O2S2/c1-14-8-9-18(30-14)20(27)23-11-10-19-24-25-21(29-13-15-5-4-12-28-15)26(19)17-7-3-2-6-16(17)22/h2-3,6-9,15H,4-5,10-13H2,1H3,(H,23,27)/t15-/m0/s1. The summed E-state index contributed by atoms with van der Waals surface area (Å²) < 4.78 is 22.0. The second-order valence-electron chi connectivity index (χ2n) is 7.05. The number of hydrogen-bond donors (Lipinski definition) is 1. The number of carbonyl (C=O) groups is 1. The van der Waals surface area contributed by atoms with E-state index in [0.717, 1.165) is 30.1 Å². The molecular weight excluding hydrogens is 423 g/mol. The number of aryl methyl sites for hydroxylation is 1. The maximum absolute atomic E-state index is 14.5. The Morgan fingerprint density at radius 1 is 1.33 bits per heavy atom. The maximum atomic E-state index is 14.5. The number of benzene rings is 1. The van der Waals surface area contributed by atoms with Gasteiger partial charge in [-0.15, -0.1) is 21.5 Å². The van der Waals surface area contributed by atoms with Gasteiger partial charge in [0.2, 0.25) is 0 Å². The summed E-state index contributed by atoms with van der Waals surface area (Å²) in [5.74, 6) is 0.910. The molecule has 6 nitrogen and oxygen atoms in total. The Morgan fingerprint density at radius 2 is 2.20 bits per heavy atom. The molecular formula is C21H23FN4O2S2. The summed E-state index contributed by atoms with van der Waals surface area (Å²) in [4.78, 5) is 14.1. The third kappa shape index (κ3) is 4.91. The molecule has 0 saturated carbocycles. The molecule has 1 N–H and O–H groups in total. The van der Waals surface area contributed by atoms with E-state index in [1.807, 2.05) is 19.1 Å². The van der Waals surface area contributed by atoms with Crippen molar-refractivity contribution in [1.29, 1.82) is 0 Å². The lowest BCUT2D eigenvalue weighted by atomic mass is 10.3. The number of thiophene rings is 1. The van der Waals surface area contributed by atoms with Crippen LogP contribution in [0, 0.1) is 12.7 Å². The van der Waals surface area contributed by atoms with Crippen molar-refractivity contribution in [1.82, 2.24) is 20.1 Å². The molecule has 0 spiro atoms. The van der Waals surface area contributed by atoms with E-state index in [2.05, 4.69) is 15.5 Å². The lowest BCUT2D eigenvalue weighted by Gasteiger charge is -2.13. The number of ether oxygens (including phenoxy) is 1. The van der Waals surface area contributed by atoms with Crippen molar-refractivity contribution in [2.24, 2.45) is 0 Å². The molecule has 1 amide bonds. The minimum atomic E-state index is -0.337. The normalized spacial score (nSPS) is 16.1. The summed E-state index contributed by atoms with van der Waals surface area (Å²) in [6, 6.07) is 10.3. The summed E-state index contributed by atoms with van der Waals surface area (Å²) in [5, 5.41) is 12.1. The number of thioether (sulfide) groups is 1. The average molecular weight is 447 g/mol. The topological polar surface area (TPSA) is 69.0 Å². The zero-order valence-electron chi connectivity index (χ0n) is 16.6. The maximum Gasteiger partial charge on any atom is 0.261 e. The van der Waals surface area contributed by atoms with Gasteiger partial charge in [-0.3, -0.25) is 9.36 Å². The lowest BCUT2D eigenvalue weighted by Crippen LogP contribution is -2.25. The molecule has 0 aliphatic carbocycles. The Morgan fingerprint density at radius 3 is 2.93 bits per heavy atom. The first-order valence-corrected chi connectivity index (χ1v) is 11.7. The fraction of sp³-hybridized carbons (Fsp3) is 0.381. The highest BCUT2D eigenvalue weighted by atomic mass is 32.2. The van der Waals surface area contributed by atoms with E-state index in [-0.39, 0.29) is 17.8 Å². The number of aromatic nitrogens is 3. The van der Waals surface area contributed by atoms with E-state index < -0.39 is 0 Å². The molecule has 2 aromatic heterocycles. The van der Waals surface area contributed by atoms with Crippen LogP contribution in [-0.2, 0) is 11.2 Å². The van der Waals surface area contributed by atoms with Crippen molar-refractivity contribution in [2.45, 2.75) is 37.4 Å². The lowest BCUT2D eigenvalue weighted by molar-refractivity contribution is 0.0958. The molecule has 1 fully saturated rings. The molecule has 1 aliphatic rings. The summed E-state index contributed by atoms with van der Waals surface area (Å²) in [6.07, 6.45) is 2.73. The molecule has 9 heteroatoms. The number of para-hydroxylation sites is 1. The Bertz CT molecular complexity index is 1010. The van der Waals surface area contributed by atoms with Gasteiger partial charge in [-0.2, -0.15) is 0 Å². The van der Waals surface area contributed by atoms with Crippen molar-refractivity contribution < 1.29 is 13.9 Å². The molecule has 1 saturated heterocycles. The summed E-state index contributed by atoms with van der Waals surface area (Å²) in [7, 11) is 0. The van der Waals surface area contributed by atoms with Crippen molar-refractivity contribution in [3.05, 3.63) is 57.8 Å². The number of halogens is 1. The molecule has 1 atom stereocenters. The zero-order chi connectivity index (χ0) is 20.9. The van der Waals surface area contributed by atoms with E-state index in [4.69, 9.17) is 4.74 Å². The Kier molecular flexibility index (Phi) is 6.81. The highest BCUT2D eigenvalue weighted by Gasteiger charge is 2.21. The van der Waals surface area contributed by atoms with E-state index >= 15 is 0 Å². The minimum Gasteiger partial charge on any atom is -0.377 e. The van der Waals surface area contributed by atoms with Crippen molar-refractivity contribution in [3.8, 4) is 5.69 Å². The van der Waals surface area contributed by atoms with Crippen LogP contribution in [0.4, 0.5) is 4.39 Å². The van der Waals surface area contributed by atoms with Gasteiger partial charge in [0.25, 0.3) is 5.91 Å². The second-order valence-corrected chi connectivity index (χ2v) is 9.32. The zero-order valence-corrected chi connectivity index (χ0v) is 18.3. The number of hydrogen-bond acceptors (Lipinski definition) is 6. The first-order valence-electron chi connectivity index (χ1n) is 9.90. The molecule has 0 bridgehead atoms. The van der Waals surface area contributed by atoms with Gasteiger partial charge in [0.15, 0.2) is 5.16 Å². The van der Waals surface area contributed by atoms with Gasteiger partial charge < -0.3 is 10.1 Å². The molecule has 158 valence electrons. The van der Waals surface area contributed by atoms with Gasteiger partial charge in [-0.25, -0.2) is 4.39 Å². The molecule has 4 rings (SSSR count). The van der Waals surface area contributed by atoms with Gasteiger partial charge in [0, 0.05) is 30.2 Å². The van der Waals surface area contributed by atoms with Gasteiger partial charge in [-0.1, -0.05) is 23.9 Å². The fourth-order valence-electron chi connectivity index (χ4n) is 3.31. The smallest absolute Gasteiger partial charge is 0.261 e. The average Bonchev–Trinajstić information content (AvgIpc) is 3.48. The summed E-state index contributed by atoms with van der Waals surface area (Å²) in [5.41, 5.74) is 0.410. The van der Waals surface area contributed by atoms with Crippen LogP contribution in [0.1, 0.15) is 33.2 Å². The van der Waals surface area contributed by atoms with Crippen LogP contribution in [0.25, 0.3) is 5.69 Å². The minimum absolute atomic E-state index is 0.113. The van der Waals surface area contributed by atoms with Gasteiger partial charge >= 0.3 is 0 Å². The predicted octanol–water partition coefficient (Wildman–Crippen LogP) is 4.02. The third-order valence-corrected chi connectivity index (χ3v) is 6.87. The van der Waals surface area contributed by atoms with Crippen LogP contribution in [0.2, 0.25) is 0 Å². The van der Waals surface area contributed by atoms with Crippen LogP contribution >= 0.6 is 23.1 Å². The van der Waals surface area contributed by atoms with E-state index in [9.17, 15) is 9.18 Å². The summed E-state index contributed by atoms with van der Waals surface area (Å²) >= 11 is 2.98. The monoisotopic (exact) mass is 446 g/mol. The number of amides is 1. The number of nitrogens with one attached hydrogen (secondary N) is 1. The Labute approximate surface area is 182 Å². The Hall–Kier alpha value is -2.23. The van der Waals surface area contributed by atoms with E-state index in [0.29, 0.717) is 34.5 Å². The molecule has 3 heterocycles. The quantitative estimate of drug-likeness (QED) is 0.530. The first-order chi connectivity index (χ1) is 14.6. The van der Waals surface area contributed by atoms with Crippen molar-refractivity contribution >= 4 is 29.0 Å². The number of nitrogens with zero attached hydrogens (tertiary/aromatic N) is 3. The largest absolute Gasteiger partial charge is 0.377 e. The van der Waals surface area contributed by atoms with E-state index in [1.54, 1.807) is 22.8 Å². The van der Waals surface area contributed by atoms with Crippen LogP contribution in [-0.4, -0.2) is 45.7 Å². The Balaban J connectivity index is 1.48. The van der Waals surface area contributed by atoms with Crippen molar-refractivity contribution in [3.63, 3.8) is 0 Å². The second kappa shape index (κ2) is 9.72. The summed E-state index contributed by atoms with van der Waals surface area (Å²) in [6.45, 7) is 3.15. The van der Waals surface area contributed by atoms with Crippen molar-refractivity contribution in [2.75, 3.05) is 18.9 Å². The molecule has 1 aromatic carbocycles. The molecule has 1 aliphatic heterocycles. The molecule has 0 unspecified atom stereocenters. The molecule has 3 aromatic rings. The highest BCUT2D eigenvalue weighted by molar-refractivity contribution is 7.99. The van der Waals surface area contributed by atoms with Gasteiger partial charge in [0.1, 0.15) is 11.6 Å².